The van der Waals surface area contributed by atoms with Gasteiger partial charge in [-0.3, -0.25) is 4.90 Å². The number of esters is 1. The molecule has 2 N–H and O–H groups in total. The molecule has 160 valence electrons. The highest BCUT2D eigenvalue weighted by atomic mass is 16.5. The molecule has 29 heavy (non-hydrogen) atoms. The Hall–Kier alpha value is -2.74. The molecule has 1 heterocycles. The number of carbonyl (C=O) groups is 2. The Balaban J connectivity index is 2.20. The lowest BCUT2D eigenvalue weighted by Crippen LogP contribution is -2.51. The van der Waals surface area contributed by atoms with Crippen LogP contribution in [0.2, 0.25) is 0 Å². The molecule has 2 amide bonds. The summed E-state index contributed by atoms with van der Waals surface area (Å²) < 4.78 is 16.2. The second kappa shape index (κ2) is 10.7. The van der Waals surface area contributed by atoms with Crippen molar-refractivity contribution in [2.45, 2.75) is 39.8 Å². The molecule has 0 aliphatic carbocycles. The van der Waals surface area contributed by atoms with Gasteiger partial charge in [0.25, 0.3) is 0 Å². The monoisotopic (exact) mass is 405 g/mol. The SMILES string of the molecule is CCOC(=O)C1=C(CN(C)Cc2ccc(OCC)c(OC)c2)NC(=O)N[C@H]1CC. The van der Waals surface area contributed by atoms with Gasteiger partial charge in [0.15, 0.2) is 11.5 Å². The number of benzene rings is 1. The summed E-state index contributed by atoms with van der Waals surface area (Å²) in [6, 6.07) is 5.11. The molecule has 0 saturated heterocycles. The maximum absolute atomic E-state index is 12.5. The van der Waals surface area contributed by atoms with Gasteiger partial charge in [0.2, 0.25) is 0 Å². The highest BCUT2D eigenvalue weighted by molar-refractivity contribution is 5.94. The van der Waals surface area contributed by atoms with E-state index in [9.17, 15) is 9.59 Å². The van der Waals surface area contributed by atoms with Gasteiger partial charge in [-0.15, -0.1) is 0 Å². The molecular formula is C21H31N3O5. The average molecular weight is 405 g/mol. The van der Waals surface area contributed by atoms with Crippen LogP contribution in [0.1, 0.15) is 32.8 Å². The Morgan fingerprint density at radius 3 is 2.52 bits per heavy atom. The average Bonchev–Trinajstić information content (AvgIpc) is 2.68. The zero-order valence-corrected chi connectivity index (χ0v) is 17.8. The van der Waals surface area contributed by atoms with Crippen molar-refractivity contribution in [2.75, 3.05) is 33.9 Å². The van der Waals surface area contributed by atoms with E-state index in [1.54, 1.807) is 14.0 Å². The minimum absolute atomic E-state index is 0.280. The summed E-state index contributed by atoms with van der Waals surface area (Å²) in [5.74, 6) is 0.966. The van der Waals surface area contributed by atoms with Crippen LogP contribution < -0.4 is 20.1 Å². The highest BCUT2D eigenvalue weighted by Crippen LogP contribution is 2.28. The Morgan fingerprint density at radius 1 is 1.14 bits per heavy atom. The summed E-state index contributed by atoms with van der Waals surface area (Å²) in [4.78, 5) is 26.5. The molecule has 0 fully saturated rings. The fraction of sp³-hybridized carbons (Fsp3) is 0.524. The first-order valence-corrected chi connectivity index (χ1v) is 9.89. The van der Waals surface area contributed by atoms with E-state index in [4.69, 9.17) is 14.2 Å². The fourth-order valence-electron chi connectivity index (χ4n) is 3.31. The summed E-state index contributed by atoms with van der Waals surface area (Å²) in [7, 11) is 3.53. The van der Waals surface area contributed by atoms with Gasteiger partial charge in [-0.05, 0) is 45.0 Å². The first-order chi connectivity index (χ1) is 13.9. The van der Waals surface area contributed by atoms with Gasteiger partial charge in [-0.1, -0.05) is 13.0 Å². The normalized spacial score (nSPS) is 16.3. The van der Waals surface area contributed by atoms with E-state index in [1.165, 1.54) is 0 Å². The first-order valence-electron chi connectivity index (χ1n) is 9.89. The van der Waals surface area contributed by atoms with E-state index in [1.807, 2.05) is 44.0 Å². The van der Waals surface area contributed by atoms with Crippen molar-refractivity contribution in [1.82, 2.24) is 15.5 Å². The predicted octanol–water partition coefficient (Wildman–Crippen LogP) is 2.43. The van der Waals surface area contributed by atoms with Crippen molar-refractivity contribution < 1.29 is 23.8 Å². The maximum atomic E-state index is 12.5. The Morgan fingerprint density at radius 2 is 1.90 bits per heavy atom. The minimum Gasteiger partial charge on any atom is -0.493 e. The third kappa shape index (κ3) is 5.87. The van der Waals surface area contributed by atoms with Crippen molar-refractivity contribution >= 4 is 12.0 Å². The number of hydrogen-bond donors (Lipinski definition) is 2. The number of hydrogen-bond acceptors (Lipinski definition) is 6. The zero-order valence-electron chi connectivity index (χ0n) is 17.8. The molecule has 0 spiro atoms. The molecule has 1 atom stereocenters. The van der Waals surface area contributed by atoms with Crippen molar-refractivity contribution in [3.05, 3.63) is 35.0 Å². The standard InChI is InChI=1S/C21H31N3O5/c1-6-15-19(20(25)29-8-3)16(23-21(26)22-15)13-24(4)12-14-9-10-17(28-7-2)18(11-14)27-5/h9-11,15H,6-8,12-13H2,1-5H3,(H2,22,23,26)/t15-/m0/s1. The Labute approximate surface area is 172 Å². The van der Waals surface area contributed by atoms with Crippen LogP contribution in [0.25, 0.3) is 0 Å². The lowest BCUT2D eigenvalue weighted by Gasteiger charge is -2.30. The highest BCUT2D eigenvalue weighted by Gasteiger charge is 2.31. The molecule has 0 aromatic heterocycles. The van der Waals surface area contributed by atoms with Gasteiger partial charge in [0.1, 0.15) is 0 Å². The van der Waals surface area contributed by atoms with Gasteiger partial charge < -0.3 is 24.8 Å². The van der Waals surface area contributed by atoms with E-state index in [0.717, 1.165) is 5.56 Å². The van der Waals surface area contributed by atoms with Crippen LogP contribution in [0.4, 0.5) is 4.79 Å². The van der Waals surface area contributed by atoms with Crippen LogP contribution in [0.15, 0.2) is 29.5 Å². The second-order valence-electron chi connectivity index (χ2n) is 6.76. The number of ether oxygens (including phenoxy) is 3. The number of nitrogens with zero attached hydrogens (tertiary/aromatic N) is 1. The van der Waals surface area contributed by atoms with Crippen LogP contribution in [-0.4, -0.2) is 56.9 Å². The lowest BCUT2D eigenvalue weighted by atomic mass is 10.00. The number of methoxy groups -OCH3 is 1. The minimum atomic E-state index is -0.405. The maximum Gasteiger partial charge on any atom is 0.337 e. The largest absolute Gasteiger partial charge is 0.493 e. The molecule has 8 nitrogen and oxygen atoms in total. The van der Waals surface area contributed by atoms with Crippen molar-refractivity contribution in [2.24, 2.45) is 0 Å². The summed E-state index contributed by atoms with van der Waals surface area (Å²) >= 11 is 0. The van der Waals surface area contributed by atoms with Gasteiger partial charge in [0.05, 0.1) is 31.9 Å². The number of urea groups is 1. The quantitative estimate of drug-likeness (QED) is 0.581. The van der Waals surface area contributed by atoms with E-state index >= 15 is 0 Å². The molecule has 0 saturated carbocycles. The molecular weight excluding hydrogens is 374 g/mol. The van der Waals surface area contributed by atoms with Gasteiger partial charge >= 0.3 is 12.0 Å². The molecule has 8 heteroatoms. The molecule has 0 bridgehead atoms. The van der Waals surface area contributed by atoms with Crippen molar-refractivity contribution in [3.8, 4) is 11.5 Å². The van der Waals surface area contributed by atoms with Crippen molar-refractivity contribution in [1.29, 1.82) is 0 Å². The summed E-state index contributed by atoms with van der Waals surface area (Å²) in [5.41, 5.74) is 2.07. The molecule has 1 aromatic carbocycles. The number of carbonyl (C=O) groups excluding carboxylic acids is 2. The van der Waals surface area contributed by atoms with Crippen LogP contribution in [-0.2, 0) is 16.1 Å². The van der Waals surface area contributed by atoms with Gasteiger partial charge in [-0.25, -0.2) is 9.59 Å². The van der Waals surface area contributed by atoms with Crippen LogP contribution in [0.5, 0.6) is 11.5 Å². The van der Waals surface area contributed by atoms with Crippen LogP contribution in [0.3, 0.4) is 0 Å². The third-order valence-corrected chi connectivity index (χ3v) is 4.56. The molecule has 2 rings (SSSR count). The molecule has 1 aromatic rings. The van der Waals surface area contributed by atoms with Gasteiger partial charge in [0, 0.05) is 18.8 Å². The summed E-state index contributed by atoms with van der Waals surface area (Å²) in [6.07, 6.45) is 0.602. The second-order valence-corrected chi connectivity index (χ2v) is 6.76. The van der Waals surface area contributed by atoms with Crippen molar-refractivity contribution in [3.63, 3.8) is 0 Å². The Kier molecular flexibility index (Phi) is 8.33. The number of likely N-dealkylation sites (N-methyl/N-ethyl adjacent to an activating group) is 1. The summed E-state index contributed by atoms with van der Waals surface area (Å²) in [5, 5.41) is 5.56. The van der Waals surface area contributed by atoms with E-state index in [0.29, 0.717) is 48.9 Å². The molecule has 0 radical (unpaired) electrons. The van der Waals surface area contributed by atoms with Crippen LogP contribution >= 0.6 is 0 Å². The molecule has 0 unspecified atom stereocenters. The number of nitrogens with one attached hydrogen (secondary N) is 2. The lowest BCUT2D eigenvalue weighted by molar-refractivity contribution is -0.139. The number of amides is 2. The van der Waals surface area contributed by atoms with E-state index in [-0.39, 0.29) is 18.7 Å². The Bertz CT molecular complexity index is 763. The third-order valence-electron chi connectivity index (χ3n) is 4.56. The molecule has 1 aliphatic rings. The fourth-order valence-corrected chi connectivity index (χ4v) is 3.31. The topological polar surface area (TPSA) is 89.1 Å². The predicted molar refractivity (Wildman–Crippen MR) is 110 cm³/mol. The molecule has 1 aliphatic heterocycles. The van der Waals surface area contributed by atoms with E-state index < -0.39 is 5.97 Å². The van der Waals surface area contributed by atoms with Gasteiger partial charge in [-0.2, -0.15) is 0 Å². The number of rotatable bonds is 10. The zero-order chi connectivity index (χ0) is 21.4. The van der Waals surface area contributed by atoms with Crippen LogP contribution in [0, 0.1) is 0 Å². The summed E-state index contributed by atoms with van der Waals surface area (Å²) in [6.45, 7) is 7.44. The van der Waals surface area contributed by atoms with E-state index in [2.05, 4.69) is 10.6 Å². The smallest absolute Gasteiger partial charge is 0.337 e. The first kappa shape index (κ1) is 22.5.